The number of hydrogen-bond donors (Lipinski definition) is 0. The fourth-order valence-electron chi connectivity index (χ4n) is 1.92. The number of aryl methyl sites for hydroxylation is 1. The summed E-state index contributed by atoms with van der Waals surface area (Å²) >= 11 is 0. The van der Waals surface area contributed by atoms with Crippen molar-refractivity contribution in [1.29, 1.82) is 0 Å². The highest BCUT2D eigenvalue weighted by Crippen LogP contribution is 2.06. The molecule has 0 aromatic carbocycles. The second-order valence-electron chi connectivity index (χ2n) is 5.00. The van der Waals surface area contributed by atoms with Gasteiger partial charge in [0, 0.05) is 19.3 Å². The zero-order valence-corrected chi connectivity index (χ0v) is 13.3. The van der Waals surface area contributed by atoms with E-state index in [2.05, 4.69) is 23.2 Å². The van der Waals surface area contributed by atoms with Crippen molar-refractivity contribution in [2.24, 2.45) is 0 Å². The number of allylic oxidation sites excluding steroid dienone is 5. The summed E-state index contributed by atoms with van der Waals surface area (Å²) in [4.78, 5) is 14.6. The van der Waals surface area contributed by atoms with Crippen molar-refractivity contribution in [3.05, 3.63) is 66.5 Å². The summed E-state index contributed by atoms with van der Waals surface area (Å²) in [7, 11) is 0. The van der Waals surface area contributed by atoms with E-state index in [0.717, 1.165) is 12.8 Å². The Hall–Kier alpha value is -2.16. The zero-order valence-electron chi connectivity index (χ0n) is 13.3. The number of pyridine rings is 1. The number of hydrogen-bond acceptors (Lipinski definition) is 3. The van der Waals surface area contributed by atoms with E-state index in [-0.39, 0.29) is 5.97 Å². The molecule has 0 saturated carbocycles. The molecule has 0 fully saturated rings. The van der Waals surface area contributed by atoms with Crippen LogP contribution in [0.1, 0.15) is 38.2 Å². The van der Waals surface area contributed by atoms with Gasteiger partial charge in [0.15, 0.2) is 0 Å². The summed E-state index contributed by atoms with van der Waals surface area (Å²) in [6.45, 7) is 1.74. The number of carbonyl (C=O) groups is 1. The lowest BCUT2D eigenvalue weighted by Gasteiger charge is -1.99. The van der Waals surface area contributed by atoms with Gasteiger partial charge in [0.1, 0.15) is 6.61 Å². The van der Waals surface area contributed by atoms with Gasteiger partial charge in [-0.25, -0.2) is 0 Å². The second kappa shape index (κ2) is 12.6. The Kier molecular flexibility index (Phi) is 10.2. The van der Waals surface area contributed by atoms with Crippen LogP contribution in [0, 0.1) is 0 Å². The molecule has 0 amide bonds. The highest BCUT2D eigenvalue weighted by Gasteiger charge is 1.92. The lowest BCUT2D eigenvalue weighted by atomic mass is 10.1. The molecule has 0 atom stereocenters. The predicted molar refractivity (Wildman–Crippen MR) is 90.5 cm³/mol. The van der Waals surface area contributed by atoms with E-state index in [1.807, 2.05) is 42.8 Å². The SMILES string of the molecule is CC(=O)OC/C=C/C=C/C=C/CCCCCc1cccnc1. The minimum atomic E-state index is -0.253. The van der Waals surface area contributed by atoms with Gasteiger partial charge in [0.2, 0.25) is 0 Å². The molecule has 1 aromatic rings. The fraction of sp³-hybridized carbons (Fsp3) is 0.368. The molecule has 0 aliphatic rings. The van der Waals surface area contributed by atoms with Gasteiger partial charge in [-0.2, -0.15) is 0 Å². The number of unbranched alkanes of at least 4 members (excludes halogenated alkanes) is 3. The third kappa shape index (κ3) is 10.6. The molecule has 0 aliphatic heterocycles. The highest BCUT2D eigenvalue weighted by atomic mass is 16.5. The molecule has 118 valence electrons. The average Bonchev–Trinajstić information content (AvgIpc) is 2.52. The summed E-state index contributed by atoms with van der Waals surface area (Å²) in [5.41, 5.74) is 1.32. The Morgan fingerprint density at radius 2 is 1.95 bits per heavy atom. The monoisotopic (exact) mass is 299 g/mol. The Morgan fingerprint density at radius 1 is 1.14 bits per heavy atom. The normalized spacial score (nSPS) is 11.7. The average molecular weight is 299 g/mol. The molecule has 0 radical (unpaired) electrons. The molecule has 0 unspecified atom stereocenters. The summed E-state index contributed by atoms with van der Waals surface area (Å²) < 4.78 is 4.77. The first kappa shape index (κ1) is 17.9. The number of carbonyl (C=O) groups excluding carboxylic acids is 1. The van der Waals surface area contributed by atoms with Crippen LogP contribution >= 0.6 is 0 Å². The quantitative estimate of drug-likeness (QED) is 0.365. The van der Waals surface area contributed by atoms with Gasteiger partial charge in [-0.05, 0) is 43.4 Å². The van der Waals surface area contributed by atoms with Crippen molar-refractivity contribution in [2.45, 2.75) is 39.0 Å². The molecule has 3 nitrogen and oxygen atoms in total. The van der Waals surface area contributed by atoms with E-state index in [0.29, 0.717) is 6.61 Å². The van der Waals surface area contributed by atoms with E-state index in [4.69, 9.17) is 4.74 Å². The molecule has 1 heterocycles. The molecule has 0 bridgehead atoms. The van der Waals surface area contributed by atoms with E-state index < -0.39 is 0 Å². The maximum Gasteiger partial charge on any atom is 0.302 e. The molecular formula is C19H25NO2. The Bertz CT molecular complexity index is 489. The third-order valence-corrected chi connectivity index (χ3v) is 3.05. The summed E-state index contributed by atoms with van der Waals surface area (Å²) in [5, 5.41) is 0. The van der Waals surface area contributed by atoms with Crippen LogP contribution in [0.2, 0.25) is 0 Å². The van der Waals surface area contributed by atoms with E-state index >= 15 is 0 Å². The van der Waals surface area contributed by atoms with Crippen LogP contribution in [0.25, 0.3) is 0 Å². The lowest BCUT2D eigenvalue weighted by molar-refractivity contribution is -0.139. The number of aromatic nitrogens is 1. The second-order valence-corrected chi connectivity index (χ2v) is 5.00. The molecule has 0 aliphatic carbocycles. The van der Waals surface area contributed by atoms with Crippen LogP contribution in [-0.2, 0) is 16.0 Å². The van der Waals surface area contributed by atoms with Crippen LogP contribution in [0.4, 0.5) is 0 Å². The van der Waals surface area contributed by atoms with Crippen molar-refractivity contribution in [2.75, 3.05) is 6.61 Å². The van der Waals surface area contributed by atoms with Crippen molar-refractivity contribution in [3.8, 4) is 0 Å². The maximum atomic E-state index is 10.5. The standard InChI is InChI=1S/C19H25NO2/c1-18(21)22-16-11-9-7-5-3-2-4-6-8-10-13-19-14-12-15-20-17-19/h2-3,5,7,9,11-12,14-15,17H,4,6,8,10,13,16H2,1H3/b3-2+,7-5+,11-9+. The summed E-state index contributed by atoms with van der Waals surface area (Å²) in [6, 6.07) is 4.12. The molecule has 22 heavy (non-hydrogen) atoms. The van der Waals surface area contributed by atoms with E-state index in [9.17, 15) is 4.79 Å². The van der Waals surface area contributed by atoms with E-state index in [1.54, 1.807) is 0 Å². The highest BCUT2D eigenvalue weighted by molar-refractivity contribution is 5.65. The fourth-order valence-corrected chi connectivity index (χ4v) is 1.92. The molecule has 1 aromatic heterocycles. The van der Waals surface area contributed by atoms with Gasteiger partial charge in [-0.3, -0.25) is 9.78 Å². The number of nitrogens with zero attached hydrogens (tertiary/aromatic N) is 1. The molecule has 3 heteroatoms. The Labute approximate surface area is 133 Å². The number of rotatable bonds is 10. The molecule has 0 saturated heterocycles. The molecular weight excluding hydrogens is 274 g/mol. The van der Waals surface area contributed by atoms with Gasteiger partial charge in [-0.1, -0.05) is 42.9 Å². The van der Waals surface area contributed by atoms with Crippen LogP contribution in [0.15, 0.2) is 61.0 Å². The van der Waals surface area contributed by atoms with Crippen molar-refractivity contribution < 1.29 is 9.53 Å². The maximum absolute atomic E-state index is 10.5. The molecule has 1 rings (SSSR count). The van der Waals surface area contributed by atoms with E-state index in [1.165, 1.54) is 31.7 Å². The number of ether oxygens (including phenoxy) is 1. The van der Waals surface area contributed by atoms with Crippen molar-refractivity contribution >= 4 is 5.97 Å². The van der Waals surface area contributed by atoms with Crippen molar-refractivity contribution in [3.63, 3.8) is 0 Å². The predicted octanol–water partition coefficient (Wildman–Crippen LogP) is 4.42. The van der Waals surface area contributed by atoms with Crippen LogP contribution in [-0.4, -0.2) is 17.6 Å². The molecule has 0 N–H and O–H groups in total. The largest absolute Gasteiger partial charge is 0.462 e. The van der Waals surface area contributed by atoms with Gasteiger partial charge in [0.25, 0.3) is 0 Å². The van der Waals surface area contributed by atoms with Gasteiger partial charge < -0.3 is 4.74 Å². The Balaban J connectivity index is 1.96. The third-order valence-electron chi connectivity index (χ3n) is 3.05. The minimum Gasteiger partial charge on any atom is -0.462 e. The first-order valence-electron chi connectivity index (χ1n) is 7.79. The van der Waals surface area contributed by atoms with Gasteiger partial charge in [-0.15, -0.1) is 0 Å². The van der Waals surface area contributed by atoms with Crippen molar-refractivity contribution in [1.82, 2.24) is 4.98 Å². The minimum absolute atomic E-state index is 0.253. The number of esters is 1. The first-order chi connectivity index (χ1) is 10.8. The summed E-state index contributed by atoms with van der Waals surface area (Å²) in [6.07, 6.45) is 21.5. The zero-order chi connectivity index (χ0) is 15.9. The first-order valence-corrected chi connectivity index (χ1v) is 7.79. The van der Waals surface area contributed by atoms with Crippen LogP contribution < -0.4 is 0 Å². The van der Waals surface area contributed by atoms with Gasteiger partial charge in [0.05, 0.1) is 0 Å². The topological polar surface area (TPSA) is 39.2 Å². The Morgan fingerprint density at radius 3 is 2.68 bits per heavy atom. The lowest BCUT2D eigenvalue weighted by Crippen LogP contribution is -1.96. The van der Waals surface area contributed by atoms with Crippen LogP contribution in [0.3, 0.4) is 0 Å². The smallest absolute Gasteiger partial charge is 0.302 e. The van der Waals surface area contributed by atoms with Crippen LogP contribution in [0.5, 0.6) is 0 Å². The summed E-state index contributed by atoms with van der Waals surface area (Å²) in [5.74, 6) is -0.253. The van der Waals surface area contributed by atoms with Gasteiger partial charge >= 0.3 is 5.97 Å². The molecule has 0 spiro atoms.